The average Bonchev–Trinajstić information content (AvgIpc) is 2.72. The number of rotatable bonds is 4. The minimum Gasteiger partial charge on any atom is -0.491 e. The first-order valence-corrected chi connectivity index (χ1v) is 10.3. The molecule has 1 aromatic carbocycles. The van der Waals surface area contributed by atoms with E-state index in [-0.39, 0.29) is 49.0 Å². The second kappa shape index (κ2) is 11.1. The SMILES string of the molecule is COCC(=O)Nc1ccc2c(c1)OC[C@H](C)N(C(C)=O)C[C@H](C)[C@@H](OC)CN(C)C2=O. The van der Waals surface area contributed by atoms with Crippen molar-refractivity contribution in [3.8, 4) is 5.75 Å². The molecule has 9 nitrogen and oxygen atoms in total. The largest absolute Gasteiger partial charge is 0.491 e. The molecule has 3 atom stereocenters. The Hall–Kier alpha value is -2.65. The van der Waals surface area contributed by atoms with Gasteiger partial charge in [-0.25, -0.2) is 0 Å². The summed E-state index contributed by atoms with van der Waals surface area (Å²) in [5.74, 6) is -0.225. The van der Waals surface area contributed by atoms with E-state index in [4.69, 9.17) is 14.2 Å². The molecule has 0 bridgehead atoms. The van der Waals surface area contributed by atoms with E-state index in [1.807, 2.05) is 13.8 Å². The minimum absolute atomic E-state index is 0.0175. The number of carbonyl (C=O) groups excluding carboxylic acids is 3. The average molecular weight is 436 g/mol. The van der Waals surface area contributed by atoms with E-state index in [9.17, 15) is 14.4 Å². The Kier molecular flexibility index (Phi) is 8.82. The van der Waals surface area contributed by atoms with Crippen LogP contribution in [0.2, 0.25) is 0 Å². The summed E-state index contributed by atoms with van der Waals surface area (Å²) in [7, 11) is 4.75. The molecule has 172 valence electrons. The van der Waals surface area contributed by atoms with Crippen molar-refractivity contribution in [3.63, 3.8) is 0 Å². The second-order valence-electron chi connectivity index (χ2n) is 7.96. The van der Waals surface area contributed by atoms with Gasteiger partial charge < -0.3 is 29.3 Å². The molecule has 31 heavy (non-hydrogen) atoms. The van der Waals surface area contributed by atoms with Crippen molar-refractivity contribution >= 4 is 23.4 Å². The third-order valence-electron chi connectivity index (χ3n) is 5.41. The molecule has 0 radical (unpaired) electrons. The molecular weight excluding hydrogens is 402 g/mol. The summed E-state index contributed by atoms with van der Waals surface area (Å²) in [4.78, 5) is 40.6. The van der Waals surface area contributed by atoms with Crippen molar-refractivity contribution < 1.29 is 28.6 Å². The first kappa shape index (κ1) is 24.6. The summed E-state index contributed by atoms with van der Waals surface area (Å²) in [6, 6.07) is 4.67. The number of carbonyl (C=O) groups is 3. The van der Waals surface area contributed by atoms with Gasteiger partial charge in [-0.1, -0.05) is 6.92 Å². The van der Waals surface area contributed by atoms with Crippen molar-refractivity contribution in [1.82, 2.24) is 9.80 Å². The maximum absolute atomic E-state index is 13.1. The molecule has 1 aliphatic heterocycles. The molecule has 1 heterocycles. The zero-order chi connectivity index (χ0) is 23.1. The van der Waals surface area contributed by atoms with Gasteiger partial charge in [-0.3, -0.25) is 14.4 Å². The zero-order valence-corrected chi connectivity index (χ0v) is 19.1. The van der Waals surface area contributed by atoms with Crippen LogP contribution in [0.25, 0.3) is 0 Å². The van der Waals surface area contributed by atoms with Gasteiger partial charge in [0.2, 0.25) is 11.8 Å². The van der Waals surface area contributed by atoms with E-state index in [2.05, 4.69) is 5.32 Å². The van der Waals surface area contributed by atoms with Gasteiger partial charge in [0.05, 0.1) is 17.7 Å². The van der Waals surface area contributed by atoms with E-state index in [1.165, 1.54) is 14.0 Å². The lowest BCUT2D eigenvalue weighted by atomic mass is 10.0. The molecule has 9 heteroatoms. The molecular formula is C22H33N3O6. The predicted molar refractivity (Wildman–Crippen MR) is 116 cm³/mol. The molecule has 1 aromatic rings. The van der Waals surface area contributed by atoms with Crippen molar-refractivity contribution in [2.75, 3.05) is 52.9 Å². The Morgan fingerprint density at radius 2 is 1.94 bits per heavy atom. The van der Waals surface area contributed by atoms with Crippen LogP contribution in [0.15, 0.2) is 18.2 Å². The molecule has 0 fully saturated rings. The highest BCUT2D eigenvalue weighted by atomic mass is 16.5. The lowest BCUT2D eigenvalue weighted by Crippen LogP contribution is -2.48. The Bertz CT molecular complexity index is 799. The van der Waals surface area contributed by atoms with Crippen molar-refractivity contribution in [2.45, 2.75) is 32.9 Å². The third-order valence-corrected chi connectivity index (χ3v) is 5.41. The van der Waals surface area contributed by atoms with Crippen LogP contribution in [0.3, 0.4) is 0 Å². The first-order valence-electron chi connectivity index (χ1n) is 10.3. The van der Waals surface area contributed by atoms with E-state index < -0.39 is 0 Å². The van der Waals surface area contributed by atoms with Crippen LogP contribution in [-0.2, 0) is 19.1 Å². The quantitative estimate of drug-likeness (QED) is 0.772. The first-order chi connectivity index (χ1) is 14.7. The lowest BCUT2D eigenvalue weighted by Gasteiger charge is -2.35. The highest BCUT2D eigenvalue weighted by molar-refractivity contribution is 5.98. The topological polar surface area (TPSA) is 97.4 Å². The monoisotopic (exact) mass is 435 g/mol. The van der Waals surface area contributed by atoms with Gasteiger partial charge in [-0.15, -0.1) is 0 Å². The lowest BCUT2D eigenvalue weighted by molar-refractivity contribution is -0.133. The number of hydrogen-bond donors (Lipinski definition) is 1. The number of hydrogen-bond acceptors (Lipinski definition) is 6. The normalized spacial score (nSPS) is 22.6. The van der Waals surface area contributed by atoms with Crippen molar-refractivity contribution in [1.29, 1.82) is 0 Å². The summed E-state index contributed by atoms with van der Waals surface area (Å²) in [5, 5.41) is 2.71. The molecule has 0 saturated heterocycles. The maximum atomic E-state index is 13.1. The molecule has 0 aliphatic carbocycles. The van der Waals surface area contributed by atoms with Crippen LogP contribution in [0.4, 0.5) is 5.69 Å². The molecule has 1 N–H and O–H groups in total. The molecule has 0 unspecified atom stereocenters. The van der Waals surface area contributed by atoms with Gasteiger partial charge in [0, 0.05) is 59.0 Å². The van der Waals surface area contributed by atoms with Gasteiger partial charge in [-0.05, 0) is 19.1 Å². The maximum Gasteiger partial charge on any atom is 0.257 e. The van der Waals surface area contributed by atoms with Crippen LogP contribution < -0.4 is 10.1 Å². The van der Waals surface area contributed by atoms with E-state index in [1.54, 1.807) is 42.2 Å². The molecule has 3 amide bonds. The summed E-state index contributed by atoms with van der Waals surface area (Å²) in [5.41, 5.74) is 0.861. The van der Waals surface area contributed by atoms with Gasteiger partial charge in [0.1, 0.15) is 19.0 Å². The van der Waals surface area contributed by atoms with Crippen molar-refractivity contribution in [2.24, 2.45) is 5.92 Å². The minimum atomic E-state index is -0.313. The van der Waals surface area contributed by atoms with Crippen LogP contribution in [0, 0.1) is 5.92 Å². The summed E-state index contributed by atoms with van der Waals surface area (Å²) in [6.07, 6.45) is -0.237. The highest BCUT2D eigenvalue weighted by Crippen LogP contribution is 2.26. The summed E-state index contributed by atoms with van der Waals surface area (Å²) < 4.78 is 16.5. The molecule has 0 saturated carbocycles. The van der Waals surface area contributed by atoms with Crippen molar-refractivity contribution in [3.05, 3.63) is 23.8 Å². The number of nitrogens with zero attached hydrogens (tertiary/aromatic N) is 2. The Labute approximate surface area is 183 Å². The number of nitrogens with one attached hydrogen (secondary N) is 1. The number of ether oxygens (including phenoxy) is 3. The van der Waals surface area contributed by atoms with Gasteiger partial charge in [0.15, 0.2) is 0 Å². The van der Waals surface area contributed by atoms with E-state index in [0.29, 0.717) is 30.1 Å². The molecule has 2 rings (SSSR count). The summed E-state index contributed by atoms with van der Waals surface area (Å²) in [6.45, 7) is 6.40. The van der Waals surface area contributed by atoms with Gasteiger partial charge in [-0.2, -0.15) is 0 Å². The van der Waals surface area contributed by atoms with Crippen LogP contribution >= 0.6 is 0 Å². The molecule has 0 aromatic heterocycles. The fraction of sp³-hybridized carbons (Fsp3) is 0.591. The van der Waals surface area contributed by atoms with Gasteiger partial charge >= 0.3 is 0 Å². The van der Waals surface area contributed by atoms with Crippen LogP contribution in [-0.4, -0.2) is 87.2 Å². The van der Waals surface area contributed by atoms with Gasteiger partial charge in [0.25, 0.3) is 5.91 Å². The Morgan fingerprint density at radius 1 is 1.23 bits per heavy atom. The third kappa shape index (κ3) is 6.41. The summed E-state index contributed by atoms with van der Waals surface area (Å²) >= 11 is 0. The predicted octanol–water partition coefficient (Wildman–Crippen LogP) is 1.62. The number of amides is 3. The van der Waals surface area contributed by atoms with Crippen LogP contribution in [0.1, 0.15) is 31.1 Å². The number of benzene rings is 1. The van der Waals surface area contributed by atoms with E-state index in [0.717, 1.165) is 0 Å². The number of fused-ring (bicyclic) bond motifs is 1. The Balaban J connectivity index is 2.41. The Morgan fingerprint density at radius 3 is 2.55 bits per heavy atom. The second-order valence-corrected chi connectivity index (χ2v) is 7.96. The fourth-order valence-corrected chi connectivity index (χ4v) is 3.62. The number of anilines is 1. The standard InChI is InChI=1S/C22H33N3O6/c1-14-10-25(16(3)26)15(2)12-31-19-9-17(23-21(27)13-29-5)7-8-18(19)22(28)24(4)11-20(14)30-6/h7-9,14-15,20H,10-13H2,1-6H3,(H,23,27)/t14-,15-,20-/m0/s1. The molecule has 1 aliphatic rings. The number of likely N-dealkylation sites (N-methyl/N-ethyl adjacent to an activating group) is 1. The molecule has 0 spiro atoms. The zero-order valence-electron chi connectivity index (χ0n) is 19.1. The van der Waals surface area contributed by atoms with Crippen LogP contribution in [0.5, 0.6) is 5.75 Å². The fourth-order valence-electron chi connectivity index (χ4n) is 3.62. The smallest absolute Gasteiger partial charge is 0.257 e. The number of methoxy groups -OCH3 is 2. The van der Waals surface area contributed by atoms with E-state index >= 15 is 0 Å². The highest BCUT2D eigenvalue weighted by Gasteiger charge is 2.29.